The average molecular weight is 219 g/mol. The molecule has 0 radical (unpaired) electrons. The van der Waals surface area contributed by atoms with Crippen molar-refractivity contribution >= 4 is 5.69 Å². The monoisotopic (exact) mass is 219 g/mol. The number of unbranched alkanes of at least 4 members (excludes halogenated alkanes) is 3. The maximum absolute atomic E-state index is 5.63. The number of anilines is 1. The van der Waals surface area contributed by atoms with E-state index in [2.05, 4.69) is 30.4 Å². The Kier molecular flexibility index (Phi) is 4.09. The van der Waals surface area contributed by atoms with Gasteiger partial charge < -0.3 is 10.1 Å². The molecule has 0 fully saturated rings. The van der Waals surface area contributed by atoms with Gasteiger partial charge in [-0.05, 0) is 24.5 Å². The first kappa shape index (κ1) is 11.3. The van der Waals surface area contributed by atoms with Crippen LogP contribution in [0.1, 0.15) is 38.2 Å². The number of fused-ring (bicyclic) bond motifs is 1. The highest BCUT2D eigenvalue weighted by Gasteiger charge is 2.12. The second-order valence-electron chi connectivity index (χ2n) is 4.38. The summed E-state index contributed by atoms with van der Waals surface area (Å²) in [5, 5.41) is 3.45. The molecule has 0 unspecified atom stereocenters. The first-order chi connectivity index (χ1) is 7.92. The number of hydrogen-bond donors (Lipinski definition) is 1. The fraction of sp³-hybridized carbons (Fsp3) is 0.571. The van der Waals surface area contributed by atoms with Crippen LogP contribution in [0.15, 0.2) is 18.2 Å². The van der Waals surface area contributed by atoms with E-state index in [0.29, 0.717) is 0 Å². The summed E-state index contributed by atoms with van der Waals surface area (Å²) < 4.78 is 5.63. The van der Waals surface area contributed by atoms with Gasteiger partial charge in [0.05, 0.1) is 5.69 Å². The van der Waals surface area contributed by atoms with Crippen LogP contribution in [0.3, 0.4) is 0 Å². The molecule has 1 aromatic rings. The number of benzene rings is 1. The van der Waals surface area contributed by atoms with Crippen LogP contribution >= 0.6 is 0 Å². The van der Waals surface area contributed by atoms with Crippen LogP contribution in [0.25, 0.3) is 0 Å². The summed E-state index contributed by atoms with van der Waals surface area (Å²) in [6.07, 6.45) is 6.43. The molecular weight excluding hydrogens is 198 g/mol. The molecule has 0 bridgehead atoms. The maximum atomic E-state index is 5.63. The lowest BCUT2D eigenvalue weighted by Crippen LogP contribution is -2.19. The quantitative estimate of drug-likeness (QED) is 0.764. The van der Waals surface area contributed by atoms with Crippen molar-refractivity contribution in [1.82, 2.24) is 0 Å². The summed E-state index contributed by atoms with van der Waals surface area (Å²) in [6.45, 7) is 3.96. The van der Waals surface area contributed by atoms with E-state index in [-0.39, 0.29) is 0 Å². The van der Waals surface area contributed by atoms with Gasteiger partial charge >= 0.3 is 0 Å². The van der Waals surface area contributed by atoms with Gasteiger partial charge in [0.15, 0.2) is 0 Å². The summed E-state index contributed by atoms with van der Waals surface area (Å²) in [4.78, 5) is 0. The molecule has 0 saturated heterocycles. The molecule has 2 heteroatoms. The highest BCUT2D eigenvalue weighted by molar-refractivity contribution is 5.63. The average Bonchev–Trinajstić information content (AvgIpc) is 2.35. The number of nitrogens with one attached hydrogen (secondary N) is 1. The smallest absolute Gasteiger partial charge is 0.142 e. The summed E-state index contributed by atoms with van der Waals surface area (Å²) in [5.41, 5.74) is 2.64. The van der Waals surface area contributed by atoms with Crippen LogP contribution in [-0.2, 0) is 6.42 Å². The molecule has 1 aliphatic rings. The van der Waals surface area contributed by atoms with Crippen LogP contribution in [0.5, 0.6) is 5.75 Å². The second kappa shape index (κ2) is 5.78. The Morgan fingerprint density at radius 2 is 2.19 bits per heavy atom. The van der Waals surface area contributed by atoms with Crippen LogP contribution < -0.4 is 10.1 Å². The normalized spacial score (nSPS) is 13.8. The number of para-hydroxylation sites is 1. The van der Waals surface area contributed by atoms with Gasteiger partial charge in [-0.3, -0.25) is 0 Å². The molecule has 16 heavy (non-hydrogen) atoms. The zero-order chi connectivity index (χ0) is 11.2. The van der Waals surface area contributed by atoms with Crippen LogP contribution in [0, 0.1) is 0 Å². The first-order valence-electron chi connectivity index (χ1n) is 6.40. The molecule has 0 atom stereocenters. The zero-order valence-corrected chi connectivity index (χ0v) is 10.1. The molecular formula is C14H21NO. The number of ether oxygens (including phenoxy) is 1. The summed E-state index contributed by atoms with van der Waals surface area (Å²) in [6, 6.07) is 6.37. The first-order valence-corrected chi connectivity index (χ1v) is 6.40. The minimum absolute atomic E-state index is 0.784. The van der Waals surface area contributed by atoms with Gasteiger partial charge in [-0.15, -0.1) is 0 Å². The summed E-state index contributed by atoms with van der Waals surface area (Å²) in [5.74, 6) is 1.03. The van der Waals surface area contributed by atoms with E-state index < -0.39 is 0 Å². The molecule has 0 spiro atoms. The molecule has 1 aliphatic heterocycles. The predicted octanol–water partition coefficient (Wildman–Crippen LogP) is 3.61. The van der Waals surface area contributed by atoms with E-state index in [9.17, 15) is 0 Å². The van der Waals surface area contributed by atoms with Crippen molar-refractivity contribution in [2.75, 3.05) is 18.5 Å². The van der Waals surface area contributed by atoms with Crippen LogP contribution in [-0.4, -0.2) is 13.2 Å². The molecule has 1 heterocycles. The van der Waals surface area contributed by atoms with Gasteiger partial charge in [0.2, 0.25) is 0 Å². The molecule has 88 valence electrons. The standard InChI is InChI=1S/C14H21NO/c1-2-3-4-5-7-12-8-6-9-13-14(12)15-10-11-16-13/h6,8-9,15H,2-5,7,10-11H2,1H3. The molecule has 1 aromatic carbocycles. The minimum atomic E-state index is 0.784. The van der Waals surface area contributed by atoms with E-state index in [1.807, 2.05) is 0 Å². The van der Waals surface area contributed by atoms with E-state index in [4.69, 9.17) is 4.74 Å². The molecule has 2 nitrogen and oxygen atoms in total. The van der Waals surface area contributed by atoms with Crippen molar-refractivity contribution in [3.05, 3.63) is 23.8 Å². The second-order valence-corrected chi connectivity index (χ2v) is 4.38. The van der Waals surface area contributed by atoms with E-state index in [0.717, 1.165) is 18.9 Å². The Morgan fingerprint density at radius 3 is 3.06 bits per heavy atom. The Labute approximate surface area is 98.0 Å². The highest BCUT2D eigenvalue weighted by atomic mass is 16.5. The largest absolute Gasteiger partial charge is 0.490 e. The Bertz CT molecular complexity index is 336. The number of hydrogen-bond acceptors (Lipinski definition) is 2. The van der Waals surface area contributed by atoms with E-state index in [1.54, 1.807) is 0 Å². The topological polar surface area (TPSA) is 21.3 Å². The SMILES string of the molecule is CCCCCCc1cccc2c1NCCO2. The van der Waals surface area contributed by atoms with Crippen molar-refractivity contribution in [3.63, 3.8) is 0 Å². The van der Waals surface area contributed by atoms with Gasteiger partial charge in [0.1, 0.15) is 12.4 Å². The molecule has 0 amide bonds. The van der Waals surface area contributed by atoms with Crippen molar-refractivity contribution in [3.8, 4) is 5.75 Å². The number of aryl methyl sites for hydroxylation is 1. The van der Waals surface area contributed by atoms with Crippen molar-refractivity contribution in [1.29, 1.82) is 0 Å². The maximum Gasteiger partial charge on any atom is 0.142 e. The van der Waals surface area contributed by atoms with Gasteiger partial charge in [-0.25, -0.2) is 0 Å². The Morgan fingerprint density at radius 1 is 1.25 bits per heavy atom. The highest BCUT2D eigenvalue weighted by Crippen LogP contribution is 2.31. The zero-order valence-electron chi connectivity index (χ0n) is 10.1. The fourth-order valence-electron chi connectivity index (χ4n) is 2.19. The molecule has 0 aliphatic carbocycles. The van der Waals surface area contributed by atoms with Gasteiger partial charge in [0.25, 0.3) is 0 Å². The third-order valence-corrected chi connectivity index (χ3v) is 3.07. The molecule has 0 saturated carbocycles. The fourth-order valence-corrected chi connectivity index (χ4v) is 2.19. The molecule has 1 N–H and O–H groups in total. The lowest BCUT2D eigenvalue weighted by molar-refractivity contribution is 0.323. The minimum Gasteiger partial charge on any atom is -0.490 e. The van der Waals surface area contributed by atoms with Crippen molar-refractivity contribution in [2.45, 2.75) is 39.0 Å². The van der Waals surface area contributed by atoms with E-state index >= 15 is 0 Å². The lowest BCUT2D eigenvalue weighted by atomic mass is 10.0. The molecule has 2 rings (SSSR count). The van der Waals surface area contributed by atoms with Crippen LogP contribution in [0.4, 0.5) is 5.69 Å². The lowest BCUT2D eigenvalue weighted by Gasteiger charge is -2.21. The Balaban J connectivity index is 1.97. The Hall–Kier alpha value is -1.18. The summed E-state index contributed by atoms with van der Waals surface area (Å²) >= 11 is 0. The summed E-state index contributed by atoms with van der Waals surface area (Å²) in [7, 11) is 0. The third kappa shape index (κ3) is 2.69. The molecule has 0 aromatic heterocycles. The van der Waals surface area contributed by atoms with Crippen molar-refractivity contribution < 1.29 is 4.74 Å². The van der Waals surface area contributed by atoms with Crippen molar-refractivity contribution in [2.24, 2.45) is 0 Å². The third-order valence-electron chi connectivity index (χ3n) is 3.07. The predicted molar refractivity (Wildman–Crippen MR) is 68.3 cm³/mol. The van der Waals surface area contributed by atoms with Gasteiger partial charge in [0, 0.05) is 6.54 Å². The van der Waals surface area contributed by atoms with E-state index in [1.165, 1.54) is 43.4 Å². The van der Waals surface area contributed by atoms with Crippen LogP contribution in [0.2, 0.25) is 0 Å². The number of rotatable bonds is 5. The van der Waals surface area contributed by atoms with Gasteiger partial charge in [-0.1, -0.05) is 38.3 Å². The van der Waals surface area contributed by atoms with Gasteiger partial charge in [-0.2, -0.15) is 0 Å².